The molecule has 0 N–H and O–H groups in total. The highest BCUT2D eigenvalue weighted by Crippen LogP contribution is 2.44. The number of fused-ring (bicyclic) bond motifs is 6. The Kier molecular flexibility index (Phi) is 8.04. The molecule has 57 heavy (non-hydrogen) atoms. The Hall–Kier alpha value is -7.20. The van der Waals surface area contributed by atoms with Gasteiger partial charge in [-0.05, 0) is 94.0 Å². The minimum atomic E-state index is 1.09. The van der Waals surface area contributed by atoms with Crippen molar-refractivity contribution in [3.63, 3.8) is 0 Å². The molecule has 0 saturated carbocycles. The third-order valence-electron chi connectivity index (χ3n) is 11.2. The molecule has 0 aliphatic heterocycles. The lowest BCUT2D eigenvalue weighted by atomic mass is 9.99. The summed E-state index contributed by atoms with van der Waals surface area (Å²) in [6.45, 7) is 0. The second-order valence-electron chi connectivity index (χ2n) is 14.5. The van der Waals surface area contributed by atoms with Gasteiger partial charge in [-0.25, -0.2) is 0 Å². The van der Waals surface area contributed by atoms with Crippen LogP contribution >= 0.6 is 11.3 Å². The molecule has 0 aliphatic rings. The summed E-state index contributed by atoms with van der Waals surface area (Å²) in [5.74, 6) is 0. The first kappa shape index (κ1) is 33.2. The quantitative estimate of drug-likeness (QED) is 0.158. The van der Waals surface area contributed by atoms with Gasteiger partial charge in [0.2, 0.25) is 0 Å². The van der Waals surface area contributed by atoms with Gasteiger partial charge < -0.3 is 9.47 Å². The predicted octanol–water partition coefficient (Wildman–Crippen LogP) is 15.6. The van der Waals surface area contributed by atoms with E-state index < -0.39 is 0 Å². The minimum Gasteiger partial charge on any atom is -0.310 e. The van der Waals surface area contributed by atoms with Crippen molar-refractivity contribution in [1.82, 2.24) is 4.57 Å². The number of hydrogen-bond acceptors (Lipinski definition) is 2. The summed E-state index contributed by atoms with van der Waals surface area (Å²) in [5.41, 5.74) is 14.1. The van der Waals surface area contributed by atoms with E-state index in [0.717, 1.165) is 28.3 Å². The van der Waals surface area contributed by atoms with Crippen LogP contribution in [-0.4, -0.2) is 4.57 Å². The van der Waals surface area contributed by atoms with E-state index >= 15 is 0 Å². The van der Waals surface area contributed by atoms with Crippen LogP contribution in [0.15, 0.2) is 218 Å². The second kappa shape index (κ2) is 13.8. The molecule has 0 amide bonds. The van der Waals surface area contributed by atoms with Gasteiger partial charge in [0.05, 0.1) is 11.0 Å². The summed E-state index contributed by atoms with van der Waals surface area (Å²) in [4.78, 5) is 2.40. The summed E-state index contributed by atoms with van der Waals surface area (Å²) in [5, 5.41) is 5.11. The number of aromatic nitrogens is 1. The van der Waals surface area contributed by atoms with Crippen LogP contribution in [0.1, 0.15) is 0 Å². The normalized spacial score (nSPS) is 11.5. The van der Waals surface area contributed by atoms with E-state index in [1.54, 1.807) is 0 Å². The van der Waals surface area contributed by atoms with Crippen molar-refractivity contribution < 1.29 is 0 Å². The molecule has 2 aromatic heterocycles. The number of benzene rings is 9. The highest BCUT2D eigenvalue weighted by Gasteiger charge is 2.20. The van der Waals surface area contributed by atoms with Gasteiger partial charge in [-0.15, -0.1) is 11.3 Å². The Morgan fingerprint density at radius 1 is 0.351 bits per heavy atom. The zero-order valence-corrected chi connectivity index (χ0v) is 31.9. The van der Waals surface area contributed by atoms with Gasteiger partial charge in [0.25, 0.3) is 0 Å². The Bertz CT molecular complexity index is 3220. The Balaban J connectivity index is 1.12. The highest BCUT2D eigenvalue weighted by atomic mass is 32.1. The number of hydrogen-bond donors (Lipinski definition) is 0. The SMILES string of the molecule is c1ccc(-c2cccc(N(c3ccc(-c4cccc5c4sc4ccccc45)cc3)c3ccc4c5c(-c6ccccc6)cccc5n(-c5ccccc5)c4c3)c2)cc1. The van der Waals surface area contributed by atoms with Crippen LogP contribution in [0.25, 0.3) is 81.0 Å². The van der Waals surface area contributed by atoms with Crippen molar-refractivity contribution >= 4 is 70.4 Å². The number of para-hydroxylation sites is 1. The van der Waals surface area contributed by atoms with Crippen molar-refractivity contribution in [1.29, 1.82) is 0 Å². The standard InChI is InChI=1S/C54H36N2S/c1-4-15-37(16-5-1)40-19-12-22-43(35-40)55(42-31-29-39(30-32-42)46-25-13-26-48-47-23-10-11-28-52(47)57-54(46)48)44-33-34-49-51(36-44)56(41-20-8-3-9-21-41)50-27-14-24-45(53(49)50)38-17-6-2-7-18-38/h1-36H. The maximum atomic E-state index is 2.42. The van der Waals surface area contributed by atoms with Gasteiger partial charge in [-0.3, -0.25) is 0 Å². The van der Waals surface area contributed by atoms with E-state index in [-0.39, 0.29) is 0 Å². The average Bonchev–Trinajstić information content (AvgIpc) is 3.84. The lowest BCUT2D eigenvalue weighted by Gasteiger charge is -2.26. The van der Waals surface area contributed by atoms with Crippen LogP contribution in [-0.2, 0) is 0 Å². The van der Waals surface area contributed by atoms with Gasteiger partial charge >= 0.3 is 0 Å². The zero-order chi connectivity index (χ0) is 37.7. The van der Waals surface area contributed by atoms with Gasteiger partial charge in [0, 0.05) is 53.7 Å². The van der Waals surface area contributed by atoms with E-state index in [1.165, 1.54) is 69.8 Å². The van der Waals surface area contributed by atoms with E-state index in [9.17, 15) is 0 Å². The Labute approximate surface area is 335 Å². The monoisotopic (exact) mass is 744 g/mol. The molecule has 0 saturated heterocycles. The third kappa shape index (κ3) is 5.71. The molecule has 0 unspecified atom stereocenters. The molecular formula is C54H36N2S. The minimum absolute atomic E-state index is 1.09. The van der Waals surface area contributed by atoms with Crippen molar-refractivity contribution in [2.75, 3.05) is 4.90 Å². The van der Waals surface area contributed by atoms with Crippen molar-refractivity contribution in [3.05, 3.63) is 218 Å². The van der Waals surface area contributed by atoms with Crippen molar-refractivity contribution in [2.24, 2.45) is 0 Å². The van der Waals surface area contributed by atoms with Crippen molar-refractivity contribution in [3.8, 4) is 39.1 Å². The average molecular weight is 745 g/mol. The third-order valence-corrected chi connectivity index (χ3v) is 12.4. The molecule has 0 radical (unpaired) electrons. The summed E-state index contributed by atoms with van der Waals surface area (Å²) in [6, 6.07) is 79.3. The van der Waals surface area contributed by atoms with Crippen LogP contribution < -0.4 is 4.90 Å². The summed E-state index contributed by atoms with van der Waals surface area (Å²) in [7, 11) is 0. The van der Waals surface area contributed by atoms with Crippen LogP contribution in [0.3, 0.4) is 0 Å². The van der Waals surface area contributed by atoms with Crippen molar-refractivity contribution in [2.45, 2.75) is 0 Å². The van der Waals surface area contributed by atoms with Gasteiger partial charge in [-0.1, -0.05) is 158 Å². The molecule has 0 aliphatic carbocycles. The molecule has 11 aromatic rings. The van der Waals surface area contributed by atoms with Crippen LogP contribution in [0.4, 0.5) is 17.1 Å². The maximum Gasteiger partial charge on any atom is 0.0562 e. The van der Waals surface area contributed by atoms with E-state index in [0.29, 0.717) is 0 Å². The number of nitrogens with zero attached hydrogens (tertiary/aromatic N) is 2. The molecule has 268 valence electrons. The van der Waals surface area contributed by atoms with Crippen LogP contribution in [0, 0.1) is 0 Å². The topological polar surface area (TPSA) is 8.17 Å². The maximum absolute atomic E-state index is 2.42. The van der Waals surface area contributed by atoms with E-state index in [1.807, 2.05) is 11.3 Å². The van der Waals surface area contributed by atoms with E-state index in [2.05, 4.69) is 228 Å². The predicted molar refractivity (Wildman–Crippen MR) is 245 cm³/mol. The van der Waals surface area contributed by atoms with Gasteiger partial charge in [0.1, 0.15) is 0 Å². The second-order valence-corrected chi connectivity index (χ2v) is 15.6. The highest BCUT2D eigenvalue weighted by molar-refractivity contribution is 7.26. The summed E-state index contributed by atoms with van der Waals surface area (Å²) >= 11 is 1.88. The van der Waals surface area contributed by atoms with E-state index in [4.69, 9.17) is 0 Å². The Morgan fingerprint density at radius 3 is 1.75 bits per heavy atom. The molecule has 0 atom stereocenters. The molecule has 11 rings (SSSR count). The van der Waals surface area contributed by atoms with Gasteiger partial charge in [-0.2, -0.15) is 0 Å². The molecule has 0 fully saturated rings. The fourth-order valence-corrected chi connectivity index (χ4v) is 9.81. The summed E-state index contributed by atoms with van der Waals surface area (Å²) in [6.07, 6.45) is 0. The first-order valence-electron chi connectivity index (χ1n) is 19.4. The zero-order valence-electron chi connectivity index (χ0n) is 31.1. The fourth-order valence-electron chi connectivity index (χ4n) is 8.58. The lowest BCUT2D eigenvalue weighted by molar-refractivity contribution is 1.18. The first-order valence-corrected chi connectivity index (χ1v) is 20.2. The molecule has 0 bridgehead atoms. The first-order chi connectivity index (χ1) is 28.3. The lowest BCUT2D eigenvalue weighted by Crippen LogP contribution is -2.10. The van der Waals surface area contributed by atoms with Gasteiger partial charge in [0.15, 0.2) is 0 Å². The molecule has 0 spiro atoms. The Morgan fingerprint density at radius 2 is 0.947 bits per heavy atom. The molecule has 3 heteroatoms. The molecule has 9 aromatic carbocycles. The summed E-state index contributed by atoms with van der Waals surface area (Å²) < 4.78 is 5.07. The van der Waals surface area contributed by atoms with Crippen LogP contribution in [0.2, 0.25) is 0 Å². The van der Waals surface area contributed by atoms with Crippen LogP contribution in [0.5, 0.6) is 0 Å². The number of anilines is 3. The molecule has 2 nitrogen and oxygen atoms in total. The fraction of sp³-hybridized carbons (Fsp3) is 0. The number of rotatable bonds is 7. The number of thiophene rings is 1. The molecular weight excluding hydrogens is 709 g/mol. The smallest absolute Gasteiger partial charge is 0.0562 e. The molecule has 2 heterocycles. The largest absolute Gasteiger partial charge is 0.310 e.